The molecule has 0 saturated heterocycles. The van der Waals surface area contributed by atoms with E-state index in [0.29, 0.717) is 0 Å². The van der Waals surface area contributed by atoms with E-state index in [0.717, 1.165) is 11.3 Å². The Morgan fingerprint density at radius 2 is 2.21 bits per heavy atom. The highest BCUT2D eigenvalue weighted by Gasteiger charge is 1.95. The fraction of sp³-hybridized carbons (Fsp3) is 0.200. The first-order chi connectivity index (χ1) is 6.72. The van der Waals surface area contributed by atoms with Crippen LogP contribution in [0.15, 0.2) is 28.8 Å². The van der Waals surface area contributed by atoms with Crippen molar-refractivity contribution in [2.45, 2.75) is 0 Å². The average molecular weight is 233 g/mol. The molecule has 0 bridgehead atoms. The van der Waals surface area contributed by atoms with E-state index >= 15 is 0 Å². The normalized spacial score (nSPS) is 9.64. The van der Waals surface area contributed by atoms with Gasteiger partial charge in [-0.3, -0.25) is 0 Å². The number of rotatable bonds is 4. The van der Waals surface area contributed by atoms with Crippen LogP contribution in [0.5, 0.6) is 5.75 Å². The van der Waals surface area contributed by atoms with Crippen molar-refractivity contribution in [2.75, 3.05) is 13.9 Å². The lowest BCUT2D eigenvalue weighted by molar-refractivity contribution is 0.0511. The molecule has 0 aliphatic carbocycles. The topological polar surface area (TPSA) is 18.5 Å². The van der Waals surface area contributed by atoms with Crippen LogP contribution in [-0.2, 0) is 4.74 Å². The lowest BCUT2D eigenvalue weighted by Gasteiger charge is -2.04. The van der Waals surface area contributed by atoms with Crippen molar-refractivity contribution in [3.8, 4) is 5.75 Å². The lowest BCUT2D eigenvalue weighted by Crippen LogP contribution is -1.98. The number of ether oxygens (including phenoxy) is 2. The predicted molar refractivity (Wildman–Crippen MR) is 58.6 cm³/mol. The minimum absolute atomic E-state index is 0.217. The van der Waals surface area contributed by atoms with Gasteiger partial charge in [0, 0.05) is 7.11 Å². The Kier molecular flexibility index (Phi) is 4.80. The Balaban J connectivity index is 2.74. The molecular weight excluding hydrogens is 223 g/mol. The minimum atomic E-state index is 0.217. The van der Waals surface area contributed by atoms with Crippen molar-refractivity contribution in [1.82, 2.24) is 0 Å². The molecule has 4 heteroatoms. The van der Waals surface area contributed by atoms with Crippen LogP contribution in [0.25, 0.3) is 6.08 Å². The van der Waals surface area contributed by atoms with Gasteiger partial charge in [0.25, 0.3) is 0 Å². The molecule has 0 heterocycles. The molecule has 0 fully saturated rings. The van der Waals surface area contributed by atoms with E-state index in [-0.39, 0.29) is 11.3 Å². The molecule has 2 nitrogen and oxygen atoms in total. The molecule has 0 aliphatic rings. The van der Waals surface area contributed by atoms with Crippen LogP contribution < -0.4 is 4.74 Å². The van der Waals surface area contributed by atoms with E-state index in [4.69, 9.17) is 32.7 Å². The van der Waals surface area contributed by atoms with Gasteiger partial charge in [0.05, 0.1) is 0 Å². The predicted octanol–water partition coefficient (Wildman–Crippen LogP) is 3.45. The molecule has 1 rings (SSSR count). The summed E-state index contributed by atoms with van der Waals surface area (Å²) in [7, 11) is 1.57. The highest BCUT2D eigenvalue weighted by Crippen LogP contribution is 2.18. The fourth-order valence-electron chi connectivity index (χ4n) is 0.947. The van der Waals surface area contributed by atoms with E-state index in [1.807, 2.05) is 24.3 Å². The maximum absolute atomic E-state index is 5.53. The van der Waals surface area contributed by atoms with Crippen LogP contribution in [-0.4, -0.2) is 13.9 Å². The van der Waals surface area contributed by atoms with Crippen LogP contribution in [0, 0.1) is 0 Å². The van der Waals surface area contributed by atoms with Gasteiger partial charge in [-0.2, -0.15) is 0 Å². The first kappa shape index (κ1) is 11.4. The van der Waals surface area contributed by atoms with Crippen LogP contribution >= 0.6 is 23.2 Å². The van der Waals surface area contributed by atoms with Gasteiger partial charge in [0.1, 0.15) is 10.2 Å². The molecule has 1 aromatic carbocycles. The summed E-state index contributed by atoms with van der Waals surface area (Å²) in [5.41, 5.74) is 0.888. The number of methoxy groups -OCH3 is 1. The maximum atomic E-state index is 5.53. The number of halogens is 2. The highest BCUT2D eigenvalue weighted by molar-refractivity contribution is 6.57. The molecule has 0 aliphatic heterocycles. The van der Waals surface area contributed by atoms with E-state index in [1.54, 1.807) is 13.2 Å². The summed E-state index contributed by atoms with van der Waals surface area (Å²) in [5.74, 6) is 0.718. The van der Waals surface area contributed by atoms with Crippen molar-refractivity contribution in [1.29, 1.82) is 0 Å². The lowest BCUT2D eigenvalue weighted by atomic mass is 10.2. The highest BCUT2D eigenvalue weighted by atomic mass is 35.5. The zero-order valence-corrected chi connectivity index (χ0v) is 9.18. The van der Waals surface area contributed by atoms with Gasteiger partial charge in [0.2, 0.25) is 0 Å². The summed E-state index contributed by atoms with van der Waals surface area (Å²) in [6, 6.07) is 7.39. The first-order valence-corrected chi connectivity index (χ1v) is 4.72. The molecule has 0 saturated carbocycles. The van der Waals surface area contributed by atoms with Gasteiger partial charge in [-0.25, -0.2) is 0 Å². The quantitative estimate of drug-likeness (QED) is 0.741. The molecular formula is C10H10Cl2O2. The zero-order valence-electron chi connectivity index (χ0n) is 7.67. The largest absolute Gasteiger partial charge is 0.468 e. The number of hydrogen-bond acceptors (Lipinski definition) is 2. The molecule has 0 aromatic heterocycles. The number of hydrogen-bond donors (Lipinski definition) is 0. The Labute approximate surface area is 93.0 Å². The van der Waals surface area contributed by atoms with Crippen molar-refractivity contribution in [3.63, 3.8) is 0 Å². The molecule has 0 amide bonds. The van der Waals surface area contributed by atoms with Crippen molar-refractivity contribution in [3.05, 3.63) is 34.3 Å². The Morgan fingerprint density at radius 1 is 1.43 bits per heavy atom. The summed E-state index contributed by atoms with van der Waals surface area (Å²) in [6.45, 7) is 0.224. The van der Waals surface area contributed by atoms with Crippen molar-refractivity contribution >= 4 is 29.3 Å². The first-order valence-electron chi connectivity index (χ1n) is 3.97. The Morgan fingerprint density at radius 3 is 2.86 bits per heavy atom. The molecule has 0 radical (unpaired) electrons. The SMILES string of the molecule is COCOc1cccc(C=C(Cl)Cl)c1. The van der Waals surface area contributed by atoms with Gasteiger partial charge >= 0.3 is 0 Å². The van der Waals surface area contributed by atoms with Gasteiger partial charge in [-0.15, -0.1) is 0 Å². The summed E-state index contributed by atoms with van der Waals surface area (Å²) >= 11 is 11.1. The van der Waals surface area contributed by atoms with Gasteiger partial charge in [-0.1, -0.05) is 35.3 Å². The second-order valence-electron chi connectivity index (χ2n) is 2.56. The van der Waals surface area contributed by atoms with Crippen LogP contribution in [0.3, 0.4) is 0 Å². The smallest absolute Gasteiger partial charge is 0.188 e. The van der Waals surface area contributed by atoms with E-state index < -0.39 is 0 Å². The van der Waals surface area contributed by atoms with Gasteiger partial charge in [-0.05, 0) is 23.8 Å². The van der Waals surface area contributed by atoms with Crippen LogP contribution in [0.4, 0.5) is 0 Å². The maximum Gasteiger partial charge on any atom is 0.188 e. The zero-order chi connectivity index (χ0) is 10.4. The fourth-order valence-corrected chi connectivity index (χ4v) is 1.20. The molecule has 0 spiro atoms. The third-order valence-electron chi connectivity index (χ3n) is 1.48. The average Bonchev–Trinajstić information content (AvgIpc) is 2.14. The van der Waals surface area contributed by atoms with E-state index in [9.17, 15) is 0 Å². The molecule has 1 aromatic rings. The monoisotopic (exact) mass is 232 g/mol. The van der Waals surface area contributed by atoms with E-state index in [1.165, 1.54) is 0 Å². The van der Waals surface area contributed by atoms with Crippen LogP contribution in [0.2, 0.25) is 0 Å². The standard InChI is InChI=1S/C10H10Cl2O2/c1-13-7-14-9-4-2-3-8(5-9)6-10(11)12/h2-6H,7H2,1H3. The van der Waals surface area contributed by atoms with Crippen molar-refractivity contribution in [2.24, 2.45) is 0 Å². The Bertz CT molecular complexity index is 320. The summed E-state index contributed by atoms with van der Waals surface area (Å²) in [5, 5.41) is 0. The molecule has 0 N–H and O–H groups in total. The molecule has 0 atom stereocenters. The molecule has 76 valence electrons. The minimum Gasteiger partial charge on any atom is -0.468 e. The van der Waals surface area contributed by atoms with Gasteiger partial charge < -0.3 is 9.47 Å². The van der Waals surface area contributed by atoms with Crippen molar-refractivity contribution < 1.29 is 9.47 Å². The summed E-state index contributed by atoms with van der Waals surface area (Å²) < 4.78 is 10.2. The van der Waals surface area contributed by atoms with Gasteiger partial charge in [0.15, 0.2) is 6.79 Å². The Hall–Kier alpha value is -0.700. The second kappa shape index (κ2) is 5.91. The van der Waals surface area contributed by atoms with Crippen LogP contribution in [0.1, 0.15) is 5.56 Å². The second-order valence-corrected chi connectivity index (χ2v) is 3.57. The number of benzene rings is 1. The summed E-state index contributed by atoms with van der Waals surface area (Å²) in [6.07, 6.45) is 1.64. The third kappa shape index (κ3) is 4.01. The van der Waals surface area contributed by atoms with E-state index in [2.05, 4.69) is 0 Å². The third-order valence-corrected chi connectivity index (χ3v) is 1.70. The summed E-state index contributed by atoms with van der Waals surface area (Å²) in [4.78, 5) is 0. The molecule has 14 heavy (non-hydrogen) atoms. The molecule has 0 unspecified atom stereocenters.